The van der Waals surface area contributed by atoms with Gasteiger partial charge in [-0.2, -0.15) is 0 Å². The van der Waals surface area contributed by atoms with Crippen molar-refractivity contribution in [2.24, 2.45) is 0 Å². The third-order valence-corrected chi connectivity index (χ3v) is 0.167. The number of carbonyl (C=O) groups is 1. The molecule has 4 heteroatoms. The normalized spacial score (nSPS) is 4.89. The van der Waals surface area contributed by atoms with Crippen LogP contribution in [0.2, 0.25) is 0 Å². The van der Waals surface area contributed by atoms with Gasteiger partial charge in [-0.15, -0.1) is 0 Å². The zero-order valence-corrected chi connectivity index (χ0v) is 7.33. The zero-order chi connectivity index (χ0) is 6.99. The molecule has 1 N–H and O–H groups in total. The van der Waals surface area contributed by atoms with Crippen molar-refractivity contribution < 1.29 is 44.6 Å². The number of carboxylic acids is 1. The minimum atomic E-state index is -1.23. The molecule has 0 unspecified atom stereocenters. The van der Waals surface area contributed by atoms with E-state index < -0.39 is 5.97 Å². The fraction of sp³-hybridized carbons (Fsp3) is 0. The second-order valence-corrected chi connectivity index (χ2v) is 0.706. The van der Waals surface area contributed by atoms with Gasteiger partial charge in [-0.25, -0.2) is 0 Å². The van der Waals surface area contributed by atoms with Crippen molar-refractivity contribution in [1.29, 1.82) is 0 Å². The number of hydrogen-bond acceptors (Lipinski definition) is 3. The molecule has 0 aromatic heterocycles. The van der Waals surface area contributed by atoms with Crippen LogP contribution < -0.4 is 34.7 Å². The van der Waals surface area contributed by atoms with E-state index in [1.54, 1.807) is 0 Å². The Morgan fingerprint density at radius 1 is 1.56 bits per heavy atom. The van der Waals surface area contributed by atoms with Crippen molar-refractivity contribution in [3.8, 4) is 0 Å². The van der Waals surface area contributed by atoms with Crippen molar-refractivity contribution in [2.75, 3.05) is 0 Å². The van der Waals surface area contributed by atoms with Gasteiger partial charge in [0.05, 0.1) is 12.2 Å². The summed E-state index contributed by atoms with van der Waals surface area (Å²) < 4.78 is 0. The molecule has 3 nitrogen and oxygen atoms in total. The maximum absolute atomic E-state index is 9.14. The molecule has 0 saturated carbocycles. The monoisotopic (exact) mass is 138 g/mol. The number of hydrogen-bond donors (Lipinski definition) is 1. The smallest absolute Gasteiger partial charge is 0.545 e. The molecule has 0 bridgehead atoms. The standard InChI is InChI=1S/C3H4O2.C2H4O.Na/c1-2-3(4)5;1-2-3;/h2H,1H2,(H,4,5);2-3H,1H2;/q;;+1/p-1. The van der Waals surface area contributed by atoms with Crippen LogP contribution in [0, 0.1) is 0 Å². The minimum Gasteiger partial charge on any atom is -0.545 e. The van der Waals surface area contributed by atoms with Crippen LogP contribution in [-0.2, 0) is 4.79 Å². The summed E-state index contributed by atoms with van der Waals surface area (Å²) in [7, 11) is 0. The van der Waals surface area contributed by atoms with Gasteiger partial charge in [0.15, 0.2) is 0 Å². The van der Waals surface area contributed by atoms with Crippen LogP contribution in [0.15, 0.2) is 25.5 Å². The number of aliphatic hydroxyl groups excluding tert-OH is 1. The molecule has 0 aromatic rings. The number of carbonyl (C=O) groups excluding carboxylic acids is 1. The molecule has 0 spiro atoms. The first kappa shape index (κ1) is 15.9. The van der Waals surface area contributed by atoms with Crippen molar-refractivity contribution >= 4 is 5.97 Å². The SMILES string of the molecule is C=CC(=O)[O-].C=CO.[Na+]. The Labute approximate surface area is 76.0 Å². The fourth-order valence-corrected chi connectivity index (χ4v) is 0. The predicted octanol–water partition coefficient (Wildman–Crippen LogP) is -3.39. The minimum absolute atomic E-state index is 0. The van der Waals surface area contributed by atoms with Gasteiger partial charge in [0.25, 0.3) is 0 Å². The zero-order valence-electron chi connectivity index (χ0n) is 5.33. The summed E-state index contributed by atoms with van der Waals surface area (Å²) in [4.78, 5) is 9.14. The molecular weight excluding hydrogens is 131 g/mol. The van der Waals surface area contributed by atoms with E-state index in [1.165, 1.54) is 0 Å². The van der Waals surface area contributed by atoms with E-state index in [-0.39, 0.29) is 29.6 Å². The molecule has 0 heterocycles. The van der Waals surface area contributed by atoms with Crippen LogP contribution in [-0.4, -0.2) is 11.1 Å². The van der Waals surface area contributed by atoms with Crippen molar-refractivity contribution in [3.63, 3.8) is 0 Å². The Balaban J connectivity index is -0.0000000800. The molecule has 0 aliphatic carbocycles. The van der Waals surface area contributed by atoms with E-state index in [1.807, 2.05) is 0 Å². The maximum Gasteiger partial charge on any atom is 1.00 e. The second-order valence-electron chi connectivity index (χ2n) is 0.706. The quantitative estimate of drug-likeness (QED) is 0.233. The predicted molar refractivity (Wildman–Crippen MR) is 28.0 cm³/mol. The number of aliphatic hydroxyl groups is 1. The topological polar surface area (TPSA) is 60.4 Å². The summed E-state index contributed by atoms with van der Waals surface area (Å²) in [6, 6.07) is 0. The van der Waals surface area contributed by atoms with E-state index >= 15 is 0 Å². The molecule has 0 saturated heterocycles. The average Bonchev–Trinajstić information content (AvgIpc) is 1.69. The molecule has 0 fully saturated rings. The molecular formula is C5H7NaO3. The Morgan fingerprint density at radius 3 is 1.67 bits per heavy atom. The Hall–Kier alpha value is -0.250. The van der Waals surface area contributed by atoms with Gasteiger partial charge in [-0.3, -0.25) is 0 Å². The molecule has 0 amide bonds. The van der Waals surface area contributed by atoms with Gasteiger partial charge < -0.3 is 15.0 Å². The van der Waals surface area contributed by atoms with E-state index in [0.717, 1.165) is 12.3 Å². The Morgan fingerprint density at radius 2 is 1.67 bits per heavy atom. The van der Waals surface area contributed by atoms with Crippen molar-refractivity contribution in [3.05, 3.63) is 25.5 Å². The van der Waals surface area contributed by atoms with Gasteiger partial charge in [-0.1, -0.05) is 13.2 Å². The van der Waals surface area contributed by atoms with E-state index in [2.05, 4.69) is 13.2 Å². The summed E-state index contributed by atoms with van der Waals surface area (Å²) in [6.07, 6.45) is 1.47. The molecule has 0 aliphatic rings. The molecule has 0 atom stereocenters. The number of aliphatic carboxylic acids is 1. The summed E-state index contributed by atoms with van der Waals surface area (Å²) in [5, 5.41) is 16.5. The second kappa shape index (κ2) is 15.7. The first-order valence-corrected chi connectivity index (χ1v) is 1.77. The van der Waals surface area contributed by atoms with Crippen LogP contribution >= 0.6 is 0 Å². The van der Waals surface area contributed by atoms with Gasteiger partial charge in [0.1, 0.15) is 0 Å². The molecule has 9 heavy (non-hydrogen) atoms. The molecule has 0 aromatic carbocycles. The van der Waals surface area contributed by atoms with E-state index in [4.69, 9.17) is 15.0 Å². The first-order valence-electron chi connectivity index (χ1n) is 1.77. The molecule has 0 radical (unpaired) electrons. The van der Waals surface area contributed by atoms with Crippen LogP contribution in [0.1, 0.15) is 0 Å². The number of carboxylic acid groups (broad SMARTS) is 1. The summed E-state index contributed by atoms with van der Waals surface area (Å²) in [6.45, 7) is 5.81. The van der Waals surface area contributed by atoms with Crippen LogP contribution in [0.25, 0.3) is 0 Å². The Bertz CT molecular complexity index is 90.2. The Kier molecular flexibility index (Phi) is 27.6. The van der Waals surface area contributed by atoms with Crippen LogP contribution in [0.3, 0.4) is 0 Å². The van der Waals surface area contributed by atoms with Gasteiger partial charge >= 0.3 is 29.6 Å². The van der Waals surface area contributed by atoms with E-state index in [9.17, 15) is 0 Å². The fourth-order valence-electron chi connectivity index (χ4n) is 0. The summed E-state index contributed by atoms with van der Waals surface area (Å²) in [5.41, 5.74) is 0. The number of rotatable bonds is 1. The third-order valence-electron chi connectivity index (χ3n) is 0.167. The summed E-state index contributed by atoms with van der Waals surface area (Å²) >= 11 is 0. The van der Waals surface area contributed by atoms with Crippen molar-refractivity contribution in [1.82, 2.24) is 0 Å². The van der Waals surface area contributed by atoms with Gasteiger partial charge in [0.2, 0.25) is 0 Å². The summed E-state index contributed by atoms with van der Waals surface area (Å²) in [5.74, 6) is -1.23. The van der Waals surface area contributed by atoms with E-state index in [0.29, 0.717) is 0 Å². The molecule has 0 aliphatic heterocycles. The van der Waals surface area contributed by atoms with Crippen LogP contribution in [0.4, 0.5) is 0 Å². The average molecular weight is 138 g/mol. The van der Waals surface area contributed by atoms with Crippen LogP contribution in [0.5, 0.6) is 0 Å². The molecule has 0 rings (SSSR count). The maximum atomic E-state index is 9.14. The van der Waals surface area contributed by atoms with Crippen molar-refractivity contribution in [2.45, 2.75) is 0 Å². The van der Waals surface area contributed by atoms with Gasteiger partial charge in [0, 0.05) is 0 Å². The van der Waals surface area contributed by atoms with Gasteiger partial charge in [-0.05, 0) is 6.08 Å². The third kappa shape index (κ3) is 83.7. The first-order chi connectivity index (χ1) is 3.68. The molecule has 46 valence electrons. The largest absolute Gasteiger partial charge is 1.00 e.